The number of carbonyl (C=O) groups excluding carboxylic acids is 1. The Morgan fingerprint density at radius 2 is 2.22 bits per heavy atom. The summed E-state index contributed by atoms with van der Waals surface area (Å²) in [6.45, 7) is 0.383. The Morgan fingerprint density at radius 1 is 1.50 bits per heavy atom. The van der Waals surface area contributed by atoms with Crippen molar-refractivity contribution in [2.45, 2.75) is 38.2 Å². The maximum absolute atomic E-state index is 11.8. The number of ether oxygens (including phenoxy) is 1. The van der Waals surface area contributed by atoms with Gasteiger partial charge in [0.1, 0.15) is 6.61 Å². The zero-order valence-corrected chi connectivity index (χ0v) is 10.9. The van der Waals surface area contributed by atoms with Crippen molar-refractivity contribution in [1.29, 1.82) is 0 Å². The van der Waals surface area contributed by atoms with Crippen molar-refractivity contribution >= 4 is 5.91 Å². The fraction of sp³-hybridized carbons (Fsp3) is 0.615. The first kappa shape index (κ1) is 13.0. The number of rotatable bonds is 4. The molecule has 18 heavy (non-hydrogen) atoms. The van der Waals surface area contributed by atoms with Crippen molar-refractivity contribution in [1.82, 2.24) is 15.3 Å². The summed E-state index contributed by atoms with van der Waals surface area (Å²) >= 11 is 0. The maximum atomic E-state index is 11.8. The Balaban J connectivity index is 2.35. The summed E-state index contributed by atoms with van der Waals surface area (Å²) in [5, 5.41) is 2.65. The topological polar surface area (TPSA) is 64.1 Å². The van der Waals surface area contributed by atoms with Gasteiger partial charge in [0, 0.05) is 26.3 Å². The average molecular weight is 249 g/mol. The number of amides is 1. The van der Waals surface area contributed by atoms with Crippen LogP contribution in [0.25, 0.3) is 0 Å². The molecular formula is C13H19N3O2. The fourth-order valence-corrected chi connectivity index (χ4v) is 2.45. The molecule has 0 spiro atoms. The standard InChI is InChI=1S/C13H19N3O2/c1-14-13(17)10-7-15-11(8-18-2)16-12(10)9-5-3-4-6-9/h7,9H,3-6,8H2,1-2H3,(H,14,17). The molecule has 2 rings (SSSR count). The number of nitrogens with one attached hydrogen (secondary N) is 1. The van der Waals surface area contributed by atoms with Crippen molar-refractivity contribution in [3.05, 3.63) is 23.3 Å². The first-order valence-electron chi connectivity index (χ1n) is 6.33. The molecule has 0 radical (unpaired) electrons. The fourth-order valence-electron chi connectivity index (χ4n) is 2.45. The van der Waals surface area contributed by atoms with Gasteiger partial charge in [0.15, 0.2) is 5.82 Å². The van der Waals surface area contributed by atoms with Crippen LogP contribution in [0.5, 0.6) is 0 Å². The van der Waals surface area contributed by atoms with Gasteiger partial charge < -0.3 is 10.1 Å². The molecule has 0 saturated heterocycles. The third-order valence-corrected chi connectivity index (χ3v) is 3.36. The van der Waals surface area contributed by atoms with Gasteiger partial charge in [-0.15, -0.1) is 0 Å². The molecular weight excluding hydrogens is 230 g/mol. The number of carbonyl (C=O) groups is 1. The molecule has 98 valence electrons. The second-order valence-electron chi connectivity index (χ2n) is 4.58. The highest BCUT2D eigenvalue weighted by Crippen LogP contribution is 2.34. The quantitative estimate of drug-likeness (QED) is 0.881. The zero-order valence-electron chi connectivity index (χ0n) is 10.9. The Labute approximate surface area is 107 Å². The molecule has 1 aliphatic rings. The molecule has 0 bridgehead atoms. The van der Waals surface area contributed by atoms with Gasteiger partial charge in [0.25, 0.3) is 5.91 Å². The van der Waals surface area contributed by atoms with E-state index in [1.807, 2.05) is 0 Å². The highest BCUT2D eigenvalue weighted by molar-refractivity contribution is 5.94. The average Bonchev–Trinajstić information content (AvgIpc) is 2.92. The largest absolute Gasteiger partial charge is 0.377 e. The molecule has 1 fully saturated rings. The predicted octanol–water partition coefficient (Wildman–Crippen LogP) is 1.64. The Morgan fingerprint density at radius 3 is 2.83 bits per heavy atom. The normalized spacial score (nSPS) is 15.9. The second-order valence-corrected chi connectivity index (χ2v) is 4.58. The molecule has 1 aliphatic carbocycles. The summed E-state index contributed by atoms with van der Waals surface area (Å²) in [7, 11) is 3.25. The van der Waals surface area contributed by atoms with E-state index in [1.54, 1.807) is 20.4 Å². The summed E-state index contributed by atoms with van der Waals surface area (Å²) < 4.78 is 5.05. The van der Waals surface area contributed by atoms with E-state index in [0.29, 0.717) is 23.9 Å². The first-order chi connectivity index (χ1) is 8.76. The van der Waals surface area contributed by atoms with Crippen molar-refractivity contribution < 1.29 is 9.53 Å². The molecule has 1 aromatic heterocycles. The van der Waals surface area contributed by atoms with Crippen LogP contribution in [0.4, 0.5) is 0 Å². The number of methoxy groups -OCH3 is 1. The van der Waals surface area contributed by atoms with Gasteiger partial charge in [-0.3, -0.25) is 4.79 Å². The second kappa shape index (κ2) is 5.91. The van der Waals surface area contributed by atoms with Gasteiger partial charge in [-0.05, 0) is 12.8 Å². The van der Waals surface area contributed by atoms with Gasteiger partial charge in [-0.1, -0.05) is 12.8 Å². The number of hydrogen-bond acceptors (Lipinski definition) is 4. The lowest BCUT2D eigenvalue weighted by Crippen LogP contribution is -2.22. The lowest BCUT2D eigenvalue weighted by molar-refractivity contribution is 0.0960. The predicted molar refractivity (Wildman–Crippen MR) is 67.3 cm³/mol. The Kier molecular flexibility index (Phi) is 4.25. The molecule has 5 nitrogen and oxygen atoms in total. The molecule has 1 heterocycles. The monoisotopic (exact) mass is 249 g/mol. The smallest absolute Gasteiger partial charge is 0.254 e. The minimum Gasteiger partial charge on any atom is -0.377 e. The number of aromatic nitrogens is 2. The zero-order chi connectivity index (χ0) is 13.0. The van der Waals surface area contributed by atoms with E-state index in [0.717, 1.165) is 18.5 Å². The van der Waals surface area contributed by atoms with Gasteiger partial charge in [0.2, 0.25) is 0 Å². The maximum Gasteiger partial charge on any atom is 0.254 e. The molecule has 0 aliphatic heterocycles. The minimum absolute atomic E-state index is 0.110. The first-order valence-corrected chi connectivity index (χ1v) is 6.33. The molecule has 0 unspecified atom stereocenters. The van der Waals surface area contributed by atoms with Crippen LogP contribution in [0.3, 0.4) is 0 Å². The summed E-state index contributed by atoms with van der Waals surface area (Å²) in [6.07, 6.45) is 6.25. The van der Waals surface area contributed by atoms with Crippen molar-refractivity contribution in [3.8, 4) is 0 Å². The summed E-state index contributed by atoms with van der Waals surface area (Å²) in [4.78, 5) is 20.5. The van der Waals surface area contributed by atoms with Crippen LogP contribution >= 0.6 is 0 Å². The van der Waals surface area contributed by atoms with Crippen LogP contribution in [-0.2, 0) is 11.3 Å². The molecule has 5 heteroatoms. The lowest BCUT2D eigenvalue weighted by Gasteiger charge is -2.14. The van der Waals surface area contributed by atoms with E-state index in [4.69, 9.17) is 4.74 Å². The number of nitrogens with zero attached hydrogens (tertiary/aromatic N) is 2. The van der Waals surface area contributed by atoms with E-state index in [1.165, 1.54) is 12.8 Å². The van der Waals surface area contributed by atoms with E-state index in [-0.39, 0.29) is 5.91 Å². The molecule has 0 aromatic carbocycles. The summed E-state index contributed by atoms with van der Waals surface area (Å²) in [6, 6.07) is 0. The van der Waals surface area contributed by atoms with Gasteiger partial charge in [0.05, 0.1) is 11.3 Å². The minimum atomic E-state index is -0.110. The molecule has 1 aromatic rings. The third-order valence-electron chi connectivity index (χ3n) is 3.36. The third kappa shape index (κ3) is 2.67. The highest BCUT2D eigenvalue weighted by atomic mass is 16.5. The summed E-state index contributed by atoms with van der Waals surface area (Å²) in [5.74, 6) is 0.920. The molecule has 0 atom stereocenters. The van der Waals surface area contributed by atoms with Crippen molar-refractivity contribution in [3.63, 3.8) is 0 Å². The highest BCUT2D eigenvalue weighted by Gasteiger charge is 2.24. The molecule has 1 saturated carbocycles. The van der Waals surface area contributed by atoms with Crippen LogP contribution in [0.2, 0.25) is 0 Å². The molecule has 1 N–H and O–H groups in total. The van der Waals surface area contributed by atoms with E-state index in [2.05, 4.69) is 15.3 Å². The van der Waals surface area contributed by atoms with E-state index >= 15 is 0 Å². The Bertz CT molecular complexity index is 428. The molecule has 1 amide bonds. The van der Waals surface area contributed by atoms with Gasteiger partial charge in [-0.2, -0.15) is 0 Å². The van der Waals surface area contributed by atoms with Crippen LogP contribution < -0.4 is 5.32 Å². The number of hydrogen-bond donors (Lipinski definition) is 1. The van der Waals surface area contributed by atoms with Crippen molar-refractivity contribution in [2.75, 3.05) is 14.2 Å². The van der Waals surface area contributed by atoms with Crippen LogP contribution in [-0.4, -0.2) is 30.0 Å². The van der Waals surface area contributed by atoms with E-state index < -0.39 is 0 Å². The lowest BCUT2D eigenvalue weighted by atomic mass is 9.99. The van der Waals surface area contributed by atoms with Crippen molar-refractivity contribution in [2.24, 2.45) is 0 Å². The van der Waals surface area contributed by atoms with E-state index in [9.17, 15) is 4.79 Å². The van der Waals surface area contributed by atoms with Crippen LogP contribution in [0.15, 0.2) is 6.20 Å². The van der Waals surface area contributed by atoms with Crippen LogP contribution in [0, 0.1) is 0 Å². The summed E-state index contributed by atoms with van der Waals surface area (Å²) in [5.41, 5.74) is 1.48. The Hall–Kier alpha value is -1.49. The van der Waals surface area contributed by atoms with Crippen LogP contribution in [0.1, 0.15) is 53.5 Å². The van der Waals surface area contributed by atoms with Gasteiger partial charge >= 0.3 is 0 Å². The SMILES string of the molecule is CNC(=O)c1cnc(COC)nc1C1CCCC1. The van der Waals surface area contributed by atoms with Gasteiger partial charge in [-0.25, -0.2) is 9.97 Å².